The van der Waals surface area contributed by atoms with Crippen molar-refractivity contribution in [1.82, 2.24) is 4.98 Å². The number of methoxy groups -OCH3 is 1. The number of nitrogens with zero attached hydrogens (tertiary/aromatic N) is 1. The van der Waals surface area contributed by atoms with Crippen molar-refractivity contribution in [2.45, 2.75) is 17.2 Å². The number of hydrogen-bond donors (Lipinski definition) is 0. The molecule has 0 bridgehead atoms. The summed E-state index contributed by atoms with van der Waals surface area (Å²) < 4.78 is 5.35. The van der Waals surface area contributed by atoms with Crippen LogP contribution in [-0.2, 0) is 0 Å². The van der Waals surface area contributed by atoms with E-state index in [9.17, 15) is 0 Å². The summed E-state index contributed by atoms with van der Waals surface area (Å²) in [6, 6.07) is 7.98. The quantitative estimate of drug-likeness (QED) is 0.618. The van der Waals surface area contributed by atoms with E-state index in [2.05, 4.69) is 18.0 Å². The third-order valence-corrected chi connectivity index (χ3v) is 4.24. The Kier molecular flexibility index (Phi) is 4.13. The van der Waals surface area contributed by atoms with E-state index in [0.29, 0.717) is 11.1 Å². The van der Waals surface area contributed by atoms with E-state index in [1.165, 1.54) is 0 Å². The molecule has 0 saturated carbocycles. The fraction of sp³-hybridized carbons (Fsp3) is 0.308. The van der Waals surface area contributed by atoms with Crippen molar-refractivity contribution < 1.29 is 4.74 Å². The van der Waals surface area contributed by atoms with E-state index in [4.69, 9.17) is 16.3 Å². The van der Waals surface area contributed by atoms with E-state index in [0.717, 1.165) is 21.5 Å². The molecule has 0 aliphatic heterocycles. The smallest absolute Gasteiger partial charge is 0.126 e. The number of aromatic nitrogens is 1. The van der Waals surface area contributed by atoms with Gasteiger partial charge in [-0.2, -0.15) is 0 Å². The molecule has 1 aromatic heterocycles. The Hall–Kier alpha value is -0.930. The lowest BCUT2D eigenvalue weighted by atomic mass is 10.1. The van der Waals surface area contributed by atoms with Crippen LogP contribution in [0, 0.1) is 0 Å². The maximum absolute atomic E-state index is 5.84. The number of hydrogen-bond acceptors (Lipinski definition) is 3. The minimum atomic E-state index is 0.348. The molecule has 0 aliphatic rings. The Bertz CT molecular complexity index is 518. The van der Waals surface area contributed by atoms with Crippen molar-refractivity contribution in [1.29, 1.82) is 0 Å². The fourth-order valence-corrected chi connectivity index (χ4v) is 2.71. The lowest BCUT2D eigenvalue weighted by Gasteiger charge is -2.10. The molecule has 1 aromatic carbocycles. The van der Waals surface area contributed by atoms with E-state index in [1.807, 2.05) is 24.4 Å². The first-order chi connectivity index (χ1) is 8.26. The maximum atomic E-state index is 5.84. The molecule has 2 aromatic rings. The van der Waals surface area contributed by atoms with Gasteiger partial charge in [-0.1, -0.05) is 19.1 Å². The molecule has 0 spiro atoms. The van der Waals surface area contributed by atoms with Crippen molar-refractivity contribution in [3.05, 3.63) is 30.5 Å². The summed E-state index contributed by atoms with van der Waals surface area (Å²) in [6.45, 7) is 2.10. The molecular weight excluding hydrogens is 254 g/mol. The summed E-state index contributed by atoms with van der Waals surface area (Å²) in [5.41, 5.74) is 0. The Balaban J connectivity index is 2.50. The van der Waals surface area contributed by atoms with Gasteiger partial charge >= 0.3 is 0 Å². The first-order valence-corrected chi connectivity index (χ1v) is 6.82. The van der Waals surface area contributed by atoms with E-state index in [-0.39, 0.29) is 0 Å². The van der Waals surface area contributed by atoms with Crippen molar-refractivity contribution >= 4 is 34.1 Å². The van der Waals surface area contributed by atoms with Crippen molar-refractivity contribution in [2.75, 3.05) is 13.0 Å². The summed E-state index contributed by atoms with van der Waals surface area (Å²) in [5.74, 6) is 1.50. The molecule has 2 nitrogen and oxygen atoms in total. The summed E-state index contributed by atoms with van der Waals surface area (Å²) in [7, 11) is 1.68. The summed E-state index contributed by atoms with van der Waals surface area (Å²) in [6.07, 6.45) is 1.81. The molecule has 4 heteroatoms. The molecule has 0 saturated heterocycles. The predicted molar refractivity (Wildman–Crippen MR) is 74.3 cm³/mol. The van der Waals surface area contributed by atoms with E-state index < -0.39 is 0 Å². The number of benzene rings is 1. The van der Waals surface area contributed by atoms with Crippen LogP contribution in [0.3, 0.4) is 0 Å². The summed E-state index contributed by atoms with van der Waals surface area (Å²) in [4.78, 5) is 4.42. The van der Waals surface area contributed by atoms with Gasteiger partial charge in [0.15, 0.2) is 0 Å². The van der Waals surface area contributed by atoms with Crippen LogP contribution in [0.1, 0.15) is 6.92 Å². The van der Waals surface area contributed by atoms with Gasteiger partial charge in [-0.3, -0.25) is 0 Å². The van der Waals surface area contributed by atoms with Crippen LogP contribution >= 0.6 is 23.4 Å². The highest BCUT2D eigenvalue weighted by Gasteiger charge is 2.09. The minimum Gasteiger partial charge on any atom is -0.496 e. The van der Waals surface area contributed by atoms with Gasteiger partial charge in [-0.05, 0) is 12.1 Å². The average molecular weight is 268 g/mol. The number of pyridine rings is 1. The molecule has 0 N–H and O–H groups in total. The lowest BCUT2D eigenvalue weighted by Crippen LogP contribution is -1.98. The van der Waals surface area contributed by atoms with Crippen LogP contribution in [0.5, 0.6) is 5.75 Å². The highest BCUT2D eigenvalue weighted by molar-refractivity contribution is 8.00. The van der Waals surface area contributed by atoms with Gasteiger partial charge in [0.05, 0.1) is 7.11 Å². The molecule has 0 fully saturated rings. The molecule has 17 heavy (non-hydrogen) atoms. The molecule has 0 amide bonds. The Morgan fingerprint density at radius 2 is 2.18 bits per heavy atom. The maximum Gasteiger partial charge on any atom is 0.126 e. The van der Waals surface area contributed by atoms with E-state index >= 15 is 0 Å². The molecule has 2 rings (SSSR count). The van der Waals surface area contributed by atoms with Crippen molar-refractivity contribution in [2.24, 2.45) is 0 Å². The molecule has 1 atom stereocenters. The van der Waals surface area contributed by atoms with Crippen LogP contribution < -0.4 is 4.74 Å². The third kappa shape index (κ3) is 2.67. The molecule has 0 aliphatic carbocycles. The topological polar surface area (TPSA) is 22.1 Å². The molecule has 90 valence electrons. The second-order valence-electron chi connectivity index (χ2n) is 3.75. The van der Waals surface area contributed by atoms with Crippen LogP contribution in [0.15, 0.2) is 35.5 Å². The zero-order valence-corrected chi connectivity index (χ0v) is 11.4. The first-order valence-electron chi connectivity index (χ1n) is 5.40. The highest BCUT2D eigenvalue weighted by Crippen LogP contribution is 2.33. The van der Waals surface area contributed by atoms with Gasteiger partial charge in [0.1, 0.15) is 10.8 Å². The van der Waals surface area contributed by atoms with E-state index in [1.54, 1.807) is 18.9 Å². The van der Waals surface area contributed by atoms with Crippen molar-refractivity contribution in [3.63, 3.8) is 0 Å². The number of halogens is 1. The van der Waals surface area contributed by atoms with Gasteiger partial charge < -0.3 is 4.74 Å². The van der Waals surface area contributed by atoms with Gasteiger partial charge in [0.2, 0.25) is 0 Å². The molecule has 1 unspecified atom stereocenters. The number of alkyl halides is 1. The van der Waals surface area contributed by atoms with Gasteiger partial charge in [-0.25, -0.2) is 4.98 Å². The Morgan fingerprint density at radius 1 is 1.35 bits per heavy atom. The van der Waals surface area contributed by atoms with Gasteiger partial charge in [0.25, 0.3) is 0 Å². The lowest BCUT2D eigenvalue weighted by molar-refractivity contribution is 0.419. The van der Waals surface area contributed by atoms with Crippen molar-refractivity contribution in [3.8, 4) is 5.75 Å². The molecule has 1 heterocycles. The zero-order valence-electron chi connectivity index (χ0n) is 9.81. The number of ether oxygens (including phenoxy) is 1. The predicted octanol–water partition coefficient (Wildman–Crippen LogP) is 3.96. The molecular formula is C13H14ClNOS. The Labute approximate surface area is 110 Å². The molecule has 0 radical (unpaired) electrons. The highest BCUT2D eigenvalue weighted by atomic mass is 35.5. The summed E-state index contributed by atoms with van der Waals surface area (Å²) in [5, 5.41) is 3.57. The van der Waals surface area contributed by atoms with Gasteiger partial charge in [-0.15, -0.1) is 23.4 Å². The van der Waals surface area contributed by atoms with Crippen LogP contribution in [0.25, 0.3) is 10.8 Å². The monoisotopic (exact) mass is 267 g/mol. The third-order valence-electron chi connectivity index (χ3n) is 2.48. The fourth-order valence-electron chi connectivity index (χ4n) is 1.65. The van der Waals surface area contributed by atoms with Crippen LogP contribution in [0.4, 0.5) is 0 Å². The largest absolute Gasteiger partial charge is 0.496 e. The SMILES string of the molecule is COc1cccc2c(SC(C)CCl)nccc12. The second kappa shape index (κ2) is 5.61. The standard InChI is InChI=1S/C13H14ClNOS/c1-9(8-14)17-13-11-4-3-5-12(16-2)10(11)6-7-15-13/h3-7,9H,8H2,1-2H3. The average Bonchev–Trinajstić information content (AvgIpc) is 2.38. The number of thioether (sulfide) groups is 1. The minimum absolute atomic E-state index is 0.348. The van der Waals surface area contributed by atoms with Gasteiger partial charge in [0, 0.05) is 28.1 Å². The second-order valence-corrected chi connectivity index (χ2v) is 5.49. The van der Waals surface area contributed by atoms with Crippen LogP contribution in [-0.4, -0.2) is 23.2 Å². The Morgan fingerprint density at radius 3 is 2.88 bits per heavy atom. The zero-order chi connectivity index (χ0) is 12.3. The first kappa shape index (κ1) is 12.5. The summed E-state index contributed by atoms with van der Waals surface area (Å²) >= 11 is 7.53. The van der Waals surface area contributed by atoms with Crippen LogP contribution in [0.2, 0.25) is 0 Å². The number of fused-ring (bicyclic) bond motifs is 1. The normalized spacial score (nSPS) is 12.6. The number of rotatable bonds is 4.